The van der Waals surface area contributed by atoms with Gasteiger partial charge in [0.25, 0.3) is 5.69 Å². The minimum Gasteiger partial charge on any atom is -0.478 e. The average molecular weight is 351 g/mol. The van der Waals surface area contributed by atoms with Crippen LogP contribution in [0.3, 0.4) is 0 Å². The largest absolute Gasteiger partial charge is 0.478 e. The monoisotopic (exact) mass is 351 g/mol. The lowest BCUT2D eigenvalue weighted by atomic mass is 10.1. The fourth-order valence-corrected chi connectivity index (χ4v) is 2.34. The van der Waals surface area contributed by atoms with Crippen LogP contribution in [0.25, 0.3) is 11.3 Å². The molecule has 0 radical (unpaired) electrons. The molecule has 0 aliphatic heterocycles. The quantitative estimate of drug-likeness (QED) is 0.394. The van der Waals surface area contributed by atoms with Crippen LogP contribution in [0.15, 0.2) is 70.2 Å². The Hall–Kier alpha value is -3.94. The molecule has 2 N–H and O–H groups in total. The fraction of sp³-hybridized carbons (Fsp3) is 0. The van der Waals surface area contributed by atoms with Gasteiger partial charge in [-0.2, -0.15) is 5.10 Å². The van der Waals surface area contributed by atoms with Crippen molar-refractivity contribution in [1.29, 1.82) is 0 Å². The van der Waals surface area contributed by atoms with Gasteiger partial charge in [-0.15, -0.1) is 0 Å². The number of aromatic carboxylic acids is 1. The molecule has 0 atom stereocenters. The van der Waals surface area contributed by atoms with Crippen molar-refractivity contribution in [2.24, 2.45) is 5.10 Å². The van der Waals surface area contributed by atoms with Crippen LogP contribution in [-0.2, 0) is 0 Å². The number of hydrogen-bond acceptors (Lipinski definition) is 6. The SMILES string of the molecule is O=C(O)c1ccccc1NN=Cc1ccc(-c2ccccc2[N+](=O)[O-])o1. The first-order valence-corrected chi connectivity index (χ1v) is 7.51. The maximum absolute atomic E-state index is 11.1. The molecular formula is C18H13N3O5. The van der Waals surface area contributed by atoms with Crippen LogP contribution in [0.1, 0.15) is 16.1 Å². The zero-order valence-corrected chi connectivity index (χ0v) is 13.3. The Balaban J connectivity index is 1.79. The molecule has 2 aromatic carbocycles. The van der Waals surface area contributed by atoms with E-state index in [1.807, 2.05) is 0 Å². The molecule has 0 aliphatic rings. The summed E-state index contributed by atoms with van der Waals surface area (Å²) in [5.41, 5.74) is 3.37. The van der Waals surface area contributed by atoms with Crippen molar-refractivity contribution in [3.63, 3.8) is 0 Å². The predicted molar refractivity (Wildman–Crippen MR) is 95.4 cm³/mol. The number of hydrazone groups is 1. The third kappa shape index (κ3) is 3.59. The fourth-order valence-electron chi connectivity index (χ4n) is 2.34. The summed E-state index contributed by atoms with van der Waals surface area (Å²) in [5, 5.41) is 24.2. The van der Waals surface area contributed by atoms with E-state index in [-0.39, 0.29) is 11.3 Å². The highest BCUT2D eigenvalue weighted by Gasteiger charge is 2.16. The van der Waals surface area contributed by atoms with Gasteiger partial charge in [0.05, 0.1) is 28.0 Å². The van der Waals surface area contributed by atoms with E-state index in [9.17, 15) is 14.9 Å². The Kier molecular flexibility index (Phi) is 4.75. The Morgan fingerprint density at radius 2 is 1.85 bits per heavy atom. The molecule has 1 heterocycles. The molecule has 3 rings (SSSR count). The van der Waals surface area contributed by atoms with Crippen LogP contribution in [0.5, 0.6) is 0 Å². The number of carbonyl (C=O) groups is 1. The summed E-state index contributed by atoms with van der Waals surface area (Å²) < 4.78 is 5.57. The summed E-state index contributed by atoms with van der Waals surface area (Å²) in [5.74, 6) is -0.372. The Morgan fingerprint density at radius 1 is 1.12 bits per heavy atom. The molecule has 3 aromatic rings. The van der Waals surface area contributed by atoms with Crippen molar-refractivity contribution in [3.8, 4) is 11.3 Å². The molecule has 0 spiro atoms. The van der Waals surface area contributed by atoms with Crippen molar-refractivity contribution >= 4 is 23.6 Å². The Morgan fingerprint density at radius 3 is 2.62 bits per heavy atom. The highest BCUT2D eigenvalue weighted by molar-refractivity contribution is 5.94. The smallest absolute Gasteiger partial charge is 0.337 e. The van der Waals surface area contributed by atoms with E-state index < -0.39 is 10.9 Å². The van der Waals surface area contributed by atoms with Gasteiger partial charge in [0.2, 0.25) is 0 Å². The molecule has 8 heteroatoms. The van der Waals surface area contributed by atoms with Crippen LogP contribution in [-0.4, -0.2) is 22.2 Å². The highest BCUT2D eigenvalue weighted by atomic mass is 16.6. The lowest BCUT2D eigenvalue weighted by molar-refractivity contribution is -0.384. The van der Waals surface area contributed by atoms with Crippen molar-refractivity contribution in [2.75, 3.05) is 5.43 Å². The molecule has 0 saturated heterocycles. The van der Waals surface area contributed by atoms with Crippen LogP contribution >= 0.6 is 0 Å². The molecule has 0 aliphatic carbocycles. The van der Waals surface area contributed by atoms with Gasteiger partial charge < -0.3 is 9.52 Å². The van der Waals surface area contributed by atoms with Gasteiger partial charge in [0.1, 0.15) is 11.5 Å². The standard InChI is InChI=1S/C18H13N3O5/c22-18(23)13-5-1-3-7-15(13)20-19-11-12-9-10-17(26-12)14-6-2-4-8-16(14)21(24)25/h1-11,20H,(H,22,23). The zero-order chi connectivity index (χ0) is 18.5. The summed E-state index contributed by atoms with van der Waals surface area (Å²) in [6.45, 7) is 0. The molecule has 0 bridgehead atoms. The molecule has 0 amide bonds. The van der Waals surface area contributed by atoms with E-state index in [1.165, 1.54) is 18.3 Å². The molecule has 8 nitrogen and oxygen atoms in total. The van der Waals surface area contributed by atoms with E-state index in [4.69, 9.17) is 9.52 Å². The summed E-state index contributed by atoms with van der Waals surface area (Å²) in [7, 11) is 0. The summed E-state index contributed by atoms with van der Waals surface area (Å²) in [6.07, 6.45) is 1.36. The number of nitrogens with zero attached hydrogens (tertiary/aromatic N) is 2. The first-order valence-electron chi connectivity index (χ1n) is 7.51. The highest BCUT2D eigenvalue weighted by Crippen LogP contribution is 2.30. The van der Waals surface area contributed by atoms with Gasteiger partial charge in [-0.1, -0.05) is 24.3 Å². The van der Waals surface area contributed by atoms with Gasteiger partial charge in [0.15, 0.2) is 0 Å². The summed E-state index contributed by atoms with van der Waals surface area (Å²) >= 11 is 0. The van der Waals surface area contributed by atoms with E-state index in [0.29, 0.717) is 22.8 Å². The normalized spacial score (nSPS) is 10.8. The number of para-hydroxylation sites is 2. The number of hydrogen-bond donors (Lipinski definition) is 2. The lowest BCUT2D eigenvalue weighted by Gasteiger charge is -2.03. The second-order valence-corrected chi connectivity index (χ2v) is 5.20. The van der Waals surface area contributed by atoms with Crippen LogP contribution in [0.2, 0.25) is 0 Å². The average Bonchev–Trinajstić information content (AvgIpc) is 3.10. The predicted octanol–water partition coefficient (Wildman–Crippen LogP) is 4.00. The minimum absolute atomic E-state index is 0.0566. The molecule has 0 unspecified atom stereocenters. The van der Waals surface area contributed by atoms with E-state index >= 15 is 0 Å². The second kappa shape index (κ2) is 7.31. The molecule has 130 valence electrons. The van der Waals surface area contributed by atoms with Crippen molar-refractivity contribution in [1.82, 2.24) is 0 Å². The molecular weight excluding hydrogens is 338 g/mol. The van der Waals surface area contributed by atoms with Gasteiger partial charge in [-0.3, -0.25) is 15.5 Å². The van der Waals surface area contributed by atoms with E-state index in [1.54, 1.807) is 48.5 Å². The zero-order valence-electron chi connectivity index (χ0n) is 13.3. The number of carboxylic acids is 1. The van der Waals surface area contributed by atoms with Gasteiger partial charge in [-0.05, 0) is 30.3 Å². The van der Waals surface area contributed by atoms with Crippen molar-refractivity contribution in [3.05, 3.63) is 82.1 Å². The number of carboxylic acid groups (broad SMARTS) is 1. The summed E-state index contributed by atoms with van der Waals surface area (Å²) in [6, 6.07) is 15.8. The first kappa shape index (κ1) is 16.9. The third-order valence-corrected chi connectivity index (χ3v) is 3.53. The Bertz CT molecular complexity index is 994. The van der Waals surface area contributed by atoms with Gasteiger partial charge in [0, 0.05) is 6.07 Å². The van der Waals surface area contributed by atoms with Gasteiger partial charge in [-0.25, -0.2) is 4.79 Å². The van der Waals surface area contributed by atoms with Crippen molar-refractivity contribution < 1.29 is 19.2 Å². The number of nitro benzene ring substituents is 1. The first-order chi connectivity index (χ1) is 12.6. The molecule has 0 fully saturated rings. The number of rotatable bonds is 6. The maximum Gasteiger partial charge on any atom is 0.337 e. The van der Waals surface area contributed by atoms with E-state index in [2.05, 4.69) is 10.5 Å². The minimum atomic E-state index is -1.07. The van der Waals surface area contributed by atoms with E-state index in [0.717, 1.165) is 0 Å². The number of anilines is 1. The van der Waals surface area contributed by atoms with Crippen molar-refractivity contribution in [2.45, 2.75) is 0 Å². The van der Waals surface area contributed by atoms with Gasteiger partial charge >= 0.3 is 5.97 Å². The molecule has 1 aromatic heterocycles. The number of nitro groups is 1. The molecule has 0 saturated carbocycles. The topological polar surface area (TPSA) is 118 Å². The number of benzene rings is 2. The maximum atomic E-state index is 11.1. The van der Waals surface area contributed by atoms with Crippen LogP contribution in [0, 0.1) is 10.1 Å². The second-order valence-electron chi connectivity index (χ2n) is 5.20. The Labute approximate surface area is 147 Å². The van der Waals surface area contributed by atoms with Crippen LogP contribution < -0.4 is 5.43 Å². The molecule has 26 heavy (non-hydrogen) atoms. The number of nitrogens with one attached hydrogen (secondary N) is 1. The lowest BCUT2D eigenvalue weighted by Crippen LogP contribution is -2.01. The summed E-state index contributed by atoms with van der Waals surface area (Å²) in [4.78, 5) is 21.8. The van der Waals surface area contributed by atoms with Crippen LogP contribution in [0.4, 0.5) is 11.4 Å². The third-order valence-electron chi connectivity index (χ3n) is 3.53. The number of furan rings is 1.